The lowest BCUT2D eigenvalue weighted by Gasteiger charge is -2.36. The van der Waals surface area contributed by atoms with Crippen molar-refractivity contribution in [2.24, 2.45) is 0 Å². The topological polar surface area (TPSA) is 15.3 Å². The molecule has 1 N–H and O–H groups in total. The van der Waals surface area contributed by atoms with Gasteiger partial charge in [0.15, 0.2) is 11.6 Å². The third-order valence-corrected chi connectivity index (χ3v) is 4.17. The normalized spacial score (nSPS) is 15.7. The van der Waals surface area contributed by atoms with E-state index in [1.807, 2.05) is 18.2 Å². The van der Waals surface area contributed by atoms with Gasteiger partial charge in [0.1, 0.15) is 0 Å². The SMILES string of the molecule is Fc1ccc(CN(c2ccccc2)C2CCNCC2)cc1F. The molecule has 2 aromatic rings. The van der Waals surface area contributed by atoms with Gasteiger partial charge in [-0.3, -0.25) is 0 Å². The van der Waals surface area contributed by atoms with E-state index in [9.17, 15) is 8.78 Å². The molecule has 0 unspecified atom stereocenters. The summed E-state index contributed by atoms with van der Waals surface area (Å²) < 4.78 is 26.6. The first-order chi connectivity index (χ1) is 10.7. The van der Waals surface area contributed by atoms with Crippen LogP contribution in [0.1, 0.15) is 18.4 Å². The second-order valence-corrected chi connectivity index (χ2v) is 5.69. The van der Waals surface area contributed by atoms with Crippen molar-refractivity contribution in [3.8, 4) is 0 Å². The van der Waals surface area contributed by atoms with Crippen LogP contribution in [0.5, 0.6) is 0 Å². The quantitative estimate of drug-likeness (QED) is 0.926. The van der Waals surface area contributed by atoms with Crippen molar-refractivity contribution in [1.29, 1.82) is 0 Å². The van der Waals surface area contributed by atoms with Crippen LogP contribution >= 0.6 is 0 Å². The fourth-order valence-electron chi connectivity index (χ4n) is 3.00. The van der Waals surface area contributed by atoms with Gasteiger partial charge in [0.25, 0.3) is 0 Å². The number of anilines is 1. The largest absolute Gasteiger partial charge is 0.364 e. The number of piperidine rings is 1. The van der Waals surface area contributed by atoms with E-state index in [1.54, 1.807) is 6.07 Å². The van der Waals surface area contributed by atoms with Gasteiger partial charge in [-0.15, -0.1) is 0 Å². The van der Waals surface area contributed by atoms with Gasteiger partial charge in [-0.2, -0.15) is 0 Å². The molecular formula is C18H20F2N2. The molecule has 0 amide bonds. The van der Waals surface area contributed by atoms with Gasteiger partial charge in [-0.05, 0) is 55.8 Å². The van der Waals surface area contributed by atoms with E-state index in [0.717, 1.165) is 37.2 Å². The highest BCUT2D eigenvalue weighted by atomic mass is 19.2. The third kappa shape index (κ3) is 3.45. The maximum Gasteiger partial charge on any atom is 0.159 e. The number of rotatable bonds is 4. The summed E-state index contributed by atoms with van der Waals surface area (Å²) in [5, 5.41) is 3.37. The standard InChI is InChI=1S/C18H20F2N2/c19-17-7-6-14(12-18(17)20)13-22(15-4-2-1-3-5-15)16-8-10-21-11-9-16/h1-7,12,16,21H,8-11,13H2. The van der Waals surface area contributed by atoms with Crippen molar-refractivity contribution in [3.63, 3.8) is 0 Å². The number of nitrogens with zero attached hydrogens (tertiary/aromatic N) is 1. The van der Waals surface area contributed by atoms with Crippen LogP contribution in [0.25, 0.3) is 0 Å². The van der Waals surface area contributed by atoms with Crippen molar-refractivity contribution in [2.45, 2.75) is 25.4 Å². The molecule has 2 nitrogen and oxygen atoms in total. The minimum absolute atomic E-state index is 0.414. The van der Waals surface area contributed by atoms with Crippen LogP contribution in [0.2, 0.25) is 0 Å². The first kappa shape index (κ1) is 15.0. The van der Waals surface area contributed by atoms with Gasteiger partial charge in [0.2, 0.25) is 0 Å². The highest BCUT2D eigenvalue weighted by molar-refractivity contribution is 5.48. The van der Waals surface area contributed by atoms with Gasteiger partial charge >= 0.3 is 0 Å². The zero-order chi connectivity index (χ0) is 15.4. The Labute approximate surface area is 129 Å². The van der Waals surface area contributed by atoms with E-state index in [4.69, 9.17) is 0 Å². The van der Waals surface area contributed by atoms with Crippen molar-refractivity contribution >= 4 is 5.69 Å². The molecule has 0 bridgehead atoms. The maximum atomic E-state index is 13.5. The molecule has 0 radical (unpaired) electrons. The highest BCUT2D eigenvalue weighted by Gasteiger charge is 2.21. The number of halogens is 2. The van der Waals surface area contributed by atoms with Crippen LogP contribution in [0, 0.1) is 11.6 Å². The minimum atomic E-state index is -0.795. The molecule has 0 spiro atoms. The first-order valence-corrected chi connectivity index (χ1v) is 7.70. The Kier molecular flexibility index (Phi) is 4.68. The molecule has 116 valence electrons. The van der Waals surface area contributed by atoms with Crippen LogP contribution < -0.4 is 10.2 Å². The van der Waals surface area contributed by atoms with E-state index in [1.165, 1.54) is 12.1 Å². The molecule has 4 heteroatoms. The molecule has 22 heavy (non-hydrogen) atoms. The molecule has 2 aromatic carbocycles. The lowest BCUT2D eigenvalue weighted by molar-refractivity contribution is 0.427. The third-order valence-electron chi connectivity index (χ3n) is 4.17. The lowest BCUT2D eigenvalue weighted by atomic mass is 10.0. The smallest absolute Gasteiger partial charge is 0.159 e. The van der Waals surface area contributed by atoms with E-state index < -0.39 is 11.6 Å². The summed E-state index contributed by atoms with van der Waals surface area (Å²) in [6, 6.07) is 14.7. The molecule has 0 aromatic heterocycles. The molecule has 0 atom stereocenters. The zero-order valence-corrected chi connectivity index (χ0v) is 12.4. The van der Waals surface area contributed by atoms with Crippen molar-refractivity contribution in [2.75, 3.05) is 18.0 Å². The predicted octanol–water partition coefficient (Wildman–Crippen LogP) is 3.72. The Morgan fingerprint density at radius 1 is 0.955 bits per heavy atom. The second-order valence-electron chi connectivity index (χ2n) is 5.69. The fourth-order valence-corrected chi connectivity index (χ4v) is 3.00. The number of benzene rings is 2. The van der Waals surface area contributed by atoms with Gasteiger partial charge in [-0.25, -0.2) is 8.78 Å². The fraction of sp³-hybridized carbons (Fsp3) is 0.333. The Bertz CT molecular complexity index is 610. The Balaban J connectivity index is 1.86. The average molecular weight is 302 g/mol. The predicted molar refractivity (Wildman–Crippen MR) is 84.9 cm³/mol. The molecule has 0 aliphatic carbocycles. The summed E-state index contributed by atoms with van der Waals surface area (Å²) >= 11 is 0. The molecule has 1 fully saturated rings. The molecule has 1 aliphatic heterocycles. The minimum Gasteiger partial charge on any atom is -0.364 e. The van der Waals surface area contributed by atoms with E-state index >= 15 is 0 Å². The Morgan fingerprint density at radius 2 is 1.68 bits per heavy atom. The van der Waals surface area contributed by atoms with Crippen LogP contribution in [0.15, 0.2) is 48.5 Å². The Hall–Kier alpha value is -1.94. The summed E-state index contributed by atoms with van der Waals surface area (Å²) in [4.78, 5) is 2.30. The average Bonchev–Trinajstić information content (AvgIpc) is 2.57. The van der Waals surface area contributed by atoms with Gasteiger partial charge < -0.3 is 10.2 Å². The summed E-state index contributed by atoms with van der Waals surface area (Å²) in [5.74, 6) is -1.58. The second kappa shape index (κ2) is 6.88. The van der Waals surface area contributed by atoms with Crippen LogP contribution in [0.3, 0.4) is 0 Å². The van der Waals surface area contributed by atoms with Gasteiger partial charge in [0.05, 0.1) is 0 Å². The van der Waals surface area contributed by atoms with Crippen molar-refractivity contribution in [3.05, 3.63) is 65.7 Å². The zero-order valence-electron chi connectivity index (χ0n) is 12.4. The van der Waals surface area contributed by atoms with Crippen LogP contribution in [-0.2, 0) is 6.54 Å². The summed E-state index contributed by atoms with van der Waals surface area (Å²) in [7, 11) is 0. The number of para-hydroxylation sites is 1. The van der Waals surface area contributed by atoms with Crippen LogP contribution in [-0.4, -0.2) is 19.1 Å². The monoisotopic (exact) mass is 302 g/mol. The molecular weight excluding hydrogens is 282 g/mol. The lowest BCUT2D eigenvalue weighted by Crippen LogP contribution is -2.43. The van der Waals surface area contributed by atoms with E-state index in [0.29, 0.717) is 12.6 Å². The molecule has 3 rings (SSSR count). The molecule has 0 saturated carbocycles. The van der Waals surface area contributed by atoms with Crippen LogP contribution in [0.4, 0.5) is 14.5 Å². The molecule has 1 aliphatic rings. The summed E-state index contributed by atoms with van der Waals surface area (Å²) in [6.45, 7) is 2.57. The number of hydrogen-bond donors (Lipinski definition) is 1. The number of hydrogen-bond acceptors (Lipinski definition) is 2. The van der Waals surface area contributed by atoms with E-state index in [2.05, 4.69) is 22.3 Å². The first-order valence-electron chi connectivity index (χ1n) is 7.70. The summed E-state index contributed by atoms with van der Waals surface area (Å²) in [6.07, 6.45) is 2.11. The van der Waals surface area contributed by atoms with E-state index in [-0.39, 0.29) is 0 Å². The molecule has 1 saturated heterocycles. The molecule has 1 heterocycles. The van der Waals surface area contributed by atoms with Gasteiger partial charge in [-0.1, -0.05) is 24.3 Å². The van der Waals surface area contributed by atoms with Crippen molar-refractivity contribution in [1.82, 2.24) is 5.32 Å². The highest BCUT2D eigenvalue weighted by Crippen LogP contribution is 2.24. The Morgan fingerprint density at radius 3 is 2.36 bits per heavy atom. The van der Waals surface area contributed by atoms with Crippen molar-refractivity contribution < 1.29 is 8.78 Å². The maximum absolute atomic E-state index is 13.5. The number of nitrogens with one attached hydrogen (secondary N) is 1. The summed E-state index contributed by atoms with van der Waals surface area (Å²) in [5.41, 5.74) is 1.92. The van der Waals surface area contributed by atoms with Gasteiger partial charge in [0, 0.05) is 18.3 Å².